The third kappa shape index (κ3) is 2.93. The molecule has 120 valence electrons. The molecule has 1 N–H and O–H groups in total. The average molecular weight is 359 g/mol. The van der Waals surface area contributed by atoms with Crippen LogP contribution in [-0.2, 0) is 5.75 Å². The highest BCUT2D eigenvalue weighted by Crippen LogP contribution is 2.23. The molecule has 3 heterocycles. The first-order valence-electron chi connectivity index (χ1n) is 7.03. The van der Waals surface area contributed by atoms with Crippen molar-refractivity contribution in [1.29, 1.82) is 0 Å². The van der Waals surface area contributed by atoms with Crippen molar-refractivity contribution in [3.8, 4) is 11.4 Å². The lowest BCUT2D eigenvalue weighted by atomic mass is 10.3. The molecule has 0 radical (unpaired) electrons. The van der Waals surface area contributed by atoms with Gasteiger partial charge in [-0.1, -0.05) is 23.4 Å². The van der Waals surface area contributed by atoms with E-state index in [1.54, 1.807) is 28.9 Å². The number of halogens is 1. The number of aromatic hydroxyl groups is 1. The van der Waals surface area contributed by atoms with Crippen molar-refractivity contribution in [2.75, 3.05) is 0 Å². The van der Waals surface area contributed by atoms with E-state index >= 15 is 0 Å². The Kier molecular flexibility index (Phi) is 3.83. The molecule has 24 heavy (non-hydrogen) atoms. The number of imidazole rings is 1. The molecule has 0 aliphatic carbocycles. The quantitative estimate of drug-likeness (QED) is 0.565. The SMILES string of the molecule is Oc1ccc(-n2nnnc2SCc2cn3cc(Cl)ccc3n2)cc1. The molecule has 0 saturated carbocycles. The van der Waals surface area contributed by atoms with Gasteiger partial charge >= 0.3 is 0 Å². The van der Waals surface area contributed by atoms with E-state index in [9.17, 15) is 5.11 Å². The van der Waals surface area contributed by atoms with E-state index in [4.69, 9.17) is 11.6 Å². The number of phenolic OH excluding ortho intramolecular Hbond substituents is 1. The summed E-state index contributed by atoms with van der Waals surface area (Å²) in [5, 5.41) is 22.5. The molecule has 9 heteroatoms. The fraction of sp³-hybridized carbons (Fsp3) is 0.0667. The summed E-state index contributed by atoms with van der Waals surface area (Å²) < 4.78 is 3.51. The van der Waals surface area contributed by atoms with Gasteiger partial charge in [-0.15, -0.1) is 5.10 Å². The average Bonchev–Trinajstić information content (AvgIpc) is 3.19. The second-order valence-electron chi connectivity index (χ2n) is 5.02. The molecule has 0 bridgehead atoms. The van der Waals surface area contributed by atoms with Crippen LogP contribution in [0.5, 0.6) is 5.75 Å². The maximum absolute atomic E-state index is 9.38. The van der Waals surface area contributed by atoms with Crippen LogP contribution in [-0.4, -0.2) is 34.7 Å². The Morgan fingerprint density at radius 3 is 2.75 bits per heavy atom. The third-order valence-electron chi connectivity index (χ3n) is 3.35. The summed E-state index contributed by atoms with van der Waals surface area (Å²) in [5.74, 6) is 0.821. The van der Waals surface area contributed by atoms with Gasteiger partial charge in [0.25, 0.3) is 0 Å². The van der Waals surface area contributed by atoms with Crippen molar-refractivity contribution in [1.82, 2.24) is 29.6 Å². The lowest BCUT2D eigenvalue weighted by Gasteiger charge is -2.03. The standard InChI is InChI=1S/C15H11ClN6OS/c16-10-1-6-14-17-11(8-21(14)7-10)9-24-15-18-19-20-22(15)12-2-4-13(23)5-3-12/h1-8,23H,9H2. The minimum atomic E-state index is 0.199. The number of phenols is 1. The highest BCUT2D eigenvalue weighted by Gasteiger charge is 2.11. The zero-order chi connectivity index (χ0) is 16.5. The molecule has 3 aromatic heterocycles. The van der Waals surface area contributed by atoms with Crippen LogP contribution < -0.4 is 0 Å². The molecular formula is C15H11ClN6OS. The monoisotopic (exact) mass is 358 g/mol. The first-order chi connectivity index (χ1) is 11.7. The predicted molar refractivity (Wildman–Crippen MR) is 90.6 cm³/mol. The van der Waals surface area contributed by atoms with Crippen molar-refractivity contribution < 1.29 is 5.11 Å². The van der Waals surface area contributed by atoms with Crippen molar-refractivity contribution in [2.45, 2.75) is 10.9 Å². The zero-order valence-corrected chi connectivity index (χ0v) is 13.8. The number of thioether (sulfide) groups is 1. The lowest BCUT2D eigenvalue weighted by molar-refractivity contribution is 0.475. The summed E-state index contributed by atoms with van der Waals surface area (Å²) >= 11 is 7.47. The van der Waals surface area contributed by atoms with Gasteiger partial charge < -0.3 is 9.51 Å². The summed E-state index contributed by atoms with van der Waals surface area (Å²) in [5.41, 5.74) is 2.53. The van der Waals surface area contributed by atoms with E-state index in [0.29, 0.717) is 15.9 Å². The van der Waals surface area contributed by atoms with E-state index < -0.39 is 0 Å². The summed E-state index contributed by atoms with van der Waals surface area (Å²) in [4.78, 5) is 4.54. The van der Waals surface area contributed by atoms with Crippen LogP contribution in [0.1, 0.15) is 5.69 Å². The van der Waals surface area contributed by atoms with Gasteiger partial charge in [-0.25, -0.2) is 4.98 Å². The number of hydrogen-bond donors (Lipinski definition) is 1. The number of hydrogen-bond acceptors (Lipinski definition) is 6. The molecule has 0 saturated heterocycles. The minimum Gasteiger partial charge on any atom is -0.508 e. The smallest absolute Gasteiger partial charge is 0.214 e. The van der Waals surface area contributed by atoms with Crippen LogP contribution in [0.25, 0.3) is 11.3 Å². The minimum absolute atomic E-state index is 0.199. The Morgan fingerprint density at radius 1 is 1.08 bits per heavy atom. The van der Waals surface area contributed by atoms with Crippen LogP contribution in [0, 0.1) is 0 Å². The molecule has 0 fully saturated rings. The Hall–Kier alpha value is -2.58. The maximum atomic E-state index is 9.38. The molecule has 0 aliphatic rings. The molecule has 0 spiro atoms. The number of fused-ring (bicyclic) bond motifs is 1. The molecule has 0 unspecified atom stereocenters. The Balaban J connectivity index is 1.55. The van der Waals surface area contributed by atoms with Crippen LogP contribution in [0.4, 0.5) is 0 Å². The third-order valence-corrected chi connectivity index (χ3v) is 4.53. The molecule has 0 atom stereocenters. The number of aromatic nitrogens is 6. The maximum Gasteiger partial charge on any atom is 0.214 e. The first-order valence-corrected chi connectivity index (χ1v) is 8.39. The molecule has 4 aromatic rings. The van der Waals surface area contributed by atoms with E-state index in [2.05, 4.69) is 20.5 Å². The van der Waals surface area contributed by atoms with Crippen LogP contribution in [0.3, 0.4) is 0 Å². The fourth-order valence-corrected chi connectivity index (χ4v) is 3.19. The highest BCUT2D eigenvalue weighted by molar-refractivity contribution is 7.98. The molecule has 7 nitrogen and oxygen atoms in total. The Labute approximate surface area is 145 Å². The predicted octanol–water partition coefficient (Wildman–Crippen LogP) is 2.96. The number of pyridine rings is 1. The van der Waals surface area contributed by atoms with Gasteiger partial charge in [-0.05, 0) is 46.8 Å². The van der Waals surface area contributed by atoms with Gasteiger partial charge in [0, 0.05) is 18.1 Å². The Bertz CT molecular complexity index is 997. The van der Waals surface area contributed by atoms with Gasteiger partial charge in [0.1, 0.15) is 11.4 Å². The van der Waals surface area contributed by atoms with Crippen molar-refractivity contribution in [2.24, 2.45) is 0 Å². The molecule has 0 amide bonds. The van der Waals surface area contributed by atoms with Gasteiger partial charge in [0.15, 0.2) is 0 Å². The molecule has 4 rings (SSSR count). The number of benzene rings is 1. The number of nitrogens with zero attached hydrogens (tertiary/aromatic N) is 6. The van der Waals surface area contributed by atoms with E-state index in [0.717, 1.165) is 17.0 Å². The lowest BCUT2D eigenvalue weighted by Crippen LogP contribution is -1.98. The number of tetrazole rings is 1. The van der Waals surface area contributed by atoms with Crippen molar-refractivity contribution in [3.63, 3.8) is 0 Å². The first kappa shape index (κ1) is 15.0. The van der Waals surface area contributed by atoms with Crippen LogP contribution in [0.2, 0.25) is 5.02 Å². The normalized spacial score (nSPS) is 11.2. The molecule has 0 aliphatic heterocycles. The van der Waals surface area contributed by atoms with E-state index in [1.807, 2.05) is 28.9 Å². The summed E-state index contributed by atoms with van der Waals surface area (Å²) in [6.07, 6.45) is 3.75. The van der Waals surface area contributed by atoms with Gasteiger partial charge in [-0.3, -0.25) is 0 Å². The second-order valence-corrected chi connectivity index (χ2v) is 6.40. The van der Waals surface area contributed by atoms with Gasteiger partial charge in [0.2, 0.25) is 5.16 Å². The van der Waals surface area contributed by atoms with Gasteiger partial charge in [-0.2, -0.15) is 4.68 Å². The Morgan fingerprint density at radius 2 is 1.92 bits per heavy atom. The van der Waals surface area contributed by atoms with Crippen LogP contribution >= 0.6 is 23.4 Å². The topological polar surface area (TPSA) is 81.1 Å². The summed E-state index contributed by atoms with van der Waals surface area (Å²) in [7, 11) is 0. The largest absolute Gasteiger partial charge is 0.508 e. The molecular weight excluding hydrogens is 348 g/mol. The van der Waals surface area contributed by atoms with E-state index in [-0.39, 0.29) is 5.75 Å². The highest BCUT2D eigenvalue weighted by atomic mass is 35.5. The van der Waals surface area contributed by atoms with E-state index in [1.165, 1.54) is 11.8 Å². The zero-order valence-electron chi connectivity index (χ0n) is 12.2. The van der Waals surface area contributed by atoms with Crippen molar-refractivity contribution >= 4 is 29.0 Å². The summed E-state index contributed by atoms with van der Waals surface area (Å²) in [6.45, 7) is 0. The number of rotatable bonds is 4. The van der Waals surface area contributed by atoms with Crippen molar-refractivity contribution in [3.05, 3.63) is 59.5 Å². The van der Waals surface area contributed by atoms with Gasteiger partial charge in [0.05, 0.1) is 16.4 Å². The second kappa shape index (κ2) is 6.14. The molecule has 1 aromatic carbocycles. The summed E-state index contributed by atoms with van der Waals surface area (Å²) in [6, 6.07) is 10.4. The van der Waals surface area contributed by atoms with Crippen LogP contribution in [0.15, 0.2) is 53.9 Å². The fourth-order valence-electron chi connectivity index (χ4n) is 2.25.